The zero-order valence-electron chi connectivity index (χ0n) is 11.6. The van der Waals surface area contributed by atoms with Gasteiger partial charge in [0.2, 0.25) is 0 Å². The van der Waals surface area contributed by atoms with Crippen LogP contribution in [0, 0.1) is 5.92 Å². The van der Waals surface area contributed by atoms with E-state index in [1.165, 1.54) is 12.0 Å². The van der Waals surface area contributed by atoms with Crippen molar-refractivity contribution in [2.75, 3.05) is 33.9 Å². The molecule has 5 heteroatoms. The maximum atomic E-state index is 5.47. The fraction of sp³-hybridized carbons (Fsp3) is 0.769. The van der Waals surface area contributed by atoms with Crippen molar-refractivity contribution in [3.05, 3.63) is 18.0 Å². The first kappa shape index (κ1) is 13.5. The molecular weight excluding hydrogens is 228 g/mol. The van der Waals surface area contributed by atoms with Crippen molar-refractivity contribution in [3.8, 4) is 0 Å². The van der Waals surface area contributed by atoms with Crippen LogP contribution < -0.4 is 5.32 Å². The van der Waals surface area contributed by atoms with Gasteiger partial charge in [0.05, 0.1) is 12.8 Å². The topological polar surface area (TPSA) is 42.3 Å². The van der Waals surface area contributed by atoms with Gasteiger partial charge < -0.3 is 15.0 Å². The number of aryl methyl sites for hydroxylation is 1. The van der Waals surface area contributed by atoms with Crippen LogP contribution in [0.5, 0.6) is 0 Å². The highest BCUT2D eigenvalue weighted by Crippen LogP contribution is 2.17. The molecule has 1 fully saturated rings. The zero-order valence-corrected chi connectivity index (χ0v) is 11.6. The third kappa shape index (κ3) is 3.54. The van der Waals surface area contributed by atoms with Crippen LogP contribution in [0.25, 0.3) is 0 Å². The van der Waals surface area contributed by atoms with Crippen molar-refractivity contribution in [3.63, 3.8) is 0 Å². The summed E-state index contributed by atoms with van der Waals surface area (Å²) in [5.74, 6) is 0.645. The van der Waals surface area contributed by atoms with Gasteiger partial charge in [-0.05, 0) is 20.5 Å². The van der Waals surface area contributed by atoms with Crippen LogP contribution in [-0.4, -0.2) is 54.6 Å². The van der Waals surface area contributed by atoms with E-state index in [1.807, 2.05) is 25.0 Å². The number of aromatic nitrogens is 2. The maximum Gasteiger partial charge on any atom is 0.0534 e. The SMILES string of the molecule is CNC(CN(C)Cc1cnn(C)c1)C1CCOC1. The fourth-order valence-electron chi connectivity index (χ4n) is 2.61. The fourth-order valence-corrected chi connectivity index (χ4v) is 2.61. The van der Waals surface area contributed by atoms with Crippen molar-refractivity contribution in [2.24, 2.45) is 13.0 Å². The summed E-state index contributed by atoms with van der Waals surface area (Å²) < 4.78 is 7.32. The minimum absolute atomic E-state index is 0.508. The Morgan fingerprint density at radius 1 is 1.67 bits per heavy atom. The molecule has 0 aromatic carbocycles. The van der Waals surface area contributed by atoms with Gasteiger partial charge in [-0.15, -0.1) is 0 Å². The van der Waals surface area contributed by atoms with Gasteiger partial charge in [0.25, 0.3) is 0 Å². The lowest BCUT2D eigenvalue weighted by atomic mass is 9.99. The second kappa shape index (κ2) is 6.31. The molecular formula is C13H24N4O. The molecule has 1 aliphatic rings. The molecule has 2 unspecified atom stereocenters. The first-order chi connectivity index (χ1) is 8.69. The van der Waals surface area contributed by atoms with E-state index >= 15 is 0 Å². The molecule has 1 aliphatic heterocycles. The molecule has 0 radical (unpaired) electrons. The third-order valence-corrected chi connectivity index (χ3v) is 3.62. The van der Waals surface area contributed by atoms with Crippen LogP contribution in [0.2, 0.25) is 0 Å². The summed E-state index contributed by atoms with van der Waals surface area (Å²) in [4.78, 5) is 2.34. The average molecular weight is 252 g/mol. The van der Waals surface area contributed by atoms with Gasteiger partial charge in [0.15, 0.2) is 0 Å². The Morgan fingerprint density at radius 2 is 2.50 bits per heavy atom. The molecule has 102 valence electrons. The number of likely N-dealkylation sites (N-methyl/N-ethyl adjacent to an activating group) is 2. The first-order valence-electron chi connectivity index (χ1n) is 6.60. The Bertz CT molecular complexity index is 360. The highest BCUT2D eigenvalue weighted by atomic mass is 16.5. The van der Waals surface area contributed by atoms with Crippen LogP contribution in [0.1, 0.15) is 12.0 Å². The van der Waals surface area contributed by atoms with Gasteiger partial charge in [0, 0.05) is 50.5 Å². The van der Waals surface area contributed by atoms with Gasteiger partial charge in [-0.2, -0.15) is 5.10 Å². The van der Waals surface area contributed by atoms with E-state index in [0.717, 1.165) is 26.3 Å². The molecule has 2 rings (SSSR count). The minimum Gasteiger partial charge on any atom is -0.381 e. The normalized spacial score (nSPS) is 21.7. The first-order valence-corrected chi connectivity index (χ1v) is 6.60. The van der Waals surface area contributed by atoms with E-state index in [4.69, 9.17) is 4.74 Å². The van der Waals surface area contributed by atoms with Gasteiger partial charge >= 0.3 is 0 Å². The minimum atomic E-state index is 0.508. The van der Waals surface area contributed by atoms with E-state index < -0.39 is 0 Å². The highest BCUT2D eigenvalue weighted by Gasteiger charge is 2.25. The van der Waals surface area contributed by atoms with E-state index in [-0.39, 0.29) is 0 Å². The van der Waals surface area contributed by atoms with Crippen LogP contribution in [0.15, 0.2) is 12.4 Å². The van der Waals surface area contributed by atoms with Crippen molar-refractivity contribution in [2.45, 2.75) is 19.0 Å². The summed E-state index contributed by atoms with van der Waals surface area (Å²) in [5, 5.41) is 7.62. The second-order valence-corrected chi connectivity index (χ2v) is 5.24. The summed E-state index contributed by atoms with van der Waals surface area (Å²) in [6, 6.07) is 0.508. The Hall–Kier alpha value is -0.910. The predicted octanol–water partition coefficient (Wildman–Crippen LogP) is 0.476. The molecule has 1 N–H and O–H groups in total. The molecule has 0 amide bonds. The monoisotopic (exact) mass is 252 g/mol. The van der Waals surface area contributed by atoms with E-state index in [0.29, 0.717) is 12.0 Å². The van der Waals surface area contributed by atoms with Crippen molar-refractivity contribution < 1.29 is 4.74 Å². The number of nitrogens with one attached hydrogen (secondary N) is 1. The standard InChI is InChI=1S/C13H24N4O/c1-14-13(12-4-5-18-10-12)9-16(2)7-11-6-15-17(3)8-11/h6,8,12-14H,4-5,7,9-10H2,1-3H3. The predicted molar refractivity (Wildman–Crippen MR) is 71.3 cm³/mol. The summed E-state index contributed by atoms with van der Waals surface area (Å²) in [6.07, 6.45) is 5.18. The van der Waals surface area contributed by atoms with E-state index in [2.05, 4.69) is 28.6 Å². The van der Waals surface area contributed by atoms with Crippen LogP contribution in [0.3, 0.4) is 0 Å². The van der Waals surface area contributed by atoms with E-state index in [9.17, 15) is 0 Å². The molecule has 0 bridgehead atoms. The molecule has 0 saturated carbocycles. The van der Waals surface area contributed by atoms with Crippen LogP contribution >= 0.6 is 0 Å². The molecule has 1 saturated heterocycles. The molecule has 0 aliphatic carbocycles. The molecule has 1 aromatic heterocycles. The van der Waals surface area contributed by atoms with Gasteiger partial charge in [-0.3, -0.25) is 4.68 Å². The van der Waals surface area contributed by atoms with Crippen molar-refractivity contribution >= 4 is 0 Å². The lowest BCUT2D eigenvalue weighted by molar-refractivity contribution is 0.167. The van der Waals surface area contributed by atoms with Gasteiger partial charge in [0.1, 0.15) is 0 Å². The Morgan fingerprint density at radius 3 is 3.06 bits per heavy atom. The number of hydrogen-bond donors (Lipinski definition) is 1. The Labute approximate surface area is 109 Å². The largest absolute Gasteiger partial charge is 0.381 e. The number of hydrogen-bond acceptors (Lipinski definition) is 4. The lowest BCUT2D eigenvalue weighted by Gasteiger charge is -2.27. The number of nitrogens with zero attached hydrogens (tertiary/aromatic N) is 3. The number of rotatable bonds is 6. The molecule has 1 aromatic rings. The van der Waals surface area contributed by atoms with Crippen molar-refractivity contribution in [1.82, 2.24) is 20.0 Å². The smallest absolute Gasteiger partial charge is 0.0534 e. The molecule has 2 atom stereocenters. The summed E-state index contributed by atoms with van der Waals surface area (Å²) in [5.41, 5.74) is 1.26. The molecule has 0 spiro atoms. The molecule has 18 heavy (non-hydrogen) atoms. The highest BCUT2D eigenvalue weighted by molar-refractivity contribution is 5.03. The average Bonchev–Trinajstić information content (AvgIpc) is 2.98. The Kier molecular flexibility index (Phi) is 4.74. The van der Waals surface area contributed by atoms with Crippen LogP contribution in [-0.2, 0) is 18.3 Å². The molecule has 2 heterocycles. The quantitative estimate of drug-likeness (QED) is 0.799. The van der Waals surface area contributed by atoms with Gasteiger partial charge in [-0.25, -0.2) is 0 Å². The lowest BCUT2D eigenvalue weighted by Crippen LogP contribution is -2.43. The van der Waals surface area contributed by atoms with Crippen LogP contribution in [0.4, 0.5) is 0 Å². The summed E-state index contributed by atoms with van der Waals surface area (Å²) >= 11 is 0. The van der Waals surface area contributed by atoms with Crippen molar-refractivity contribution in [1.29, 1.82) is 0 Å². The van der Waals surface area contributed by atoms with E-state index in [1.54, 1.807) is 0 Å². The molecule has 5 nitrogen and oxygen atoms in total. The zero-order chi connectivity index (χ0) is 13.0. The summed E-state index contributed by atoms with van der Waals surface area (Å²) in [7, 11) is 6.16. The number of ether oxygens (including phenoxy) is 1. The maximum absolute atomic E-state index is 5.47. The Balaban J connectivity index is 1.83. The third-order valence-electron chi connectivity index (χ3n) is 3.62. The van der Waals surface area contributed by atoms with Gasteiger partial charge in [-0.1, -0.05) is 0 Å². The second-order valence-electron chi connectivity index (χ2n) is 5.24. The summed E-state index contributed by atoms with van der Waals surface area (Å²) in [6.45, 7) is 3.79.